The molecule has 0 saturated heterocycles. The van der Waals surface area contributed by atoms with Crippen LogP contribution in [0, 0.1) is 22.7 Å². The molecule has 1 spiro atoms. The monoisotopic (exact) mass is 537 g/mol. The van der Waals surface area contributed by atoms with Crippen LogP contribution in [-0.2, 0) is 28.6 Å². The molecule has 1 atom stereocenters. The molecule has 0 aromatic carbocycles. The number of halogens is 2. The molecule has 36 heavy (non-hydrogen) atoms. The highest BCUT2D eigenvalue weighted by Gasteiger charge is 2.76. The predicted molar refractivity (Wildman–Crippen MR) is 132 cm³/mol. The number of hydrogen-bond acceptors (Lipinski definition) is 9. The summed E-state index contributed by atoms with van der Waals surface area (Å²) >= 11 is 12.7. The molecule has 11 heteroatoms. The van der Waals surface area contributed by atoms with Crippen LogP contribution in [0.4, 0.5) is 0 Å². The molecule has 1 aliphatic carbocycles. The van der Waals surface area contributed by atoms with Crippen molar-refractivity contribution in [1.29, 1.82) is 10.5 Å². The van der Waals surface area contributed by atoms with E-state index in [1.807, 2.05) is 0 Å². The number of allylic oxidation sites excluding steroid dienone is 2. The molecule has 0 radical (unpaired) electrons. The number of hydrogen-bond donors (Lipinski definition) is 0. The summed E-state index contributed by atoms with van der Waals surface area (Å²) in [5.41, 5.74) is -6.57. The van der Waals surface area contributed by atoms with Crippen LogP contribution in [0.15, 0.2) is 26.2 Å². The molecule has 0 aromatic heterocycles. The first-order chi connectivity index (χ1) is 17.2. The average Bonchev–Trinajstić information content (AvgIpc) is 3.21. The smallest absolute Gasteiger partial charge is 0.351 e. The number of nitriles is 2. The lowest BCUT2D eigenvalue weighted by atomic mass is 9.70. The normalized spacial score (nSPS) is 20.5. The van der Waals surface area contributed by atoms with Gasteiger partial charge in [-0.15, -0.1) is 0 Å². The molecule has 2 rings (SSSR count). The molecule has 0 fully saturated rings. The lowest BCUT2D eigenvalue weighted by Gasteiger charge is -2.40. The third kappa shape index (κ3) is 5.00. The summed E-state index contributed by atoms with van der Waals surface area (Å²) in [7, 11) is 0. The zero-order valence-electron chi connectivity index (χ0n) is 20.6. The lowest BCUT2D eigenvalue weighted by molar-refractivity contribution is -0.169. The Bertz CT molecular complexity index is 1060. The number of ether oxygens (including phenoxy) is 3. The Kier molecular flexibility index (Phi) is 10.5. The zero-order chi connectivity index (χ0) is 26.9. The summed E-state index contributed by atoms with van der Waals surface area (Å²) in [5, 5.41) is 18.4. The minimum atomic E-state index is -2.68. The topological polar surface area (TPSA) is 139 Å². The largest absolute Gasteiger partial charge is 0.464 e. The lowest BCUT2D eigenvalue weighted by Crippen LogP contribution is -2.65. The van der Waals surface area contributed by atoms with Crippen LogP contribution in [0.3, 0.4) is 0 Å². The number of rotatable bonds is 12. The van der Waals surface area contributed by atoms with E-state index < -0.39 is 50.1 Å². The minimum Gasteiger partial charge on any atom is -0.464 e. The highest BCUT2D eigenvalue weighted by atomic mass is 35.5. The molecule has 1 heterocycles. The summed E-state index contributed by atoms with van der Waals surface area (Å²) < 4.78 is 16.4. The van der Waals surface area contributed by atoms with Crippen LogP contribution in [0.1, 0.15) is 72.1 Å². The zero-order valence-corrected chi connectivity index (χ0v) is 22.1. The highest BCUT2D eigenvalue weighted by molar-refractivity contribution is 6.52. The molecule has 0 amide bonds. The summed E-state index contributed by atoms with van der Waals surface area (Å²) in [4.78, 5) is 43.8. The van der Waals surface area contributed by atoms with Gasteiger partial charge in [0.1, 0.15) is 28.3 Å². The van der Waals surface area contributed by atoms with Crippen molar-refractivity contribution in [2.75, 3.05) is 13.2 Å². The van der Waals surface area contributed by atoms with Crippen LogP contribution in [0.2, 0.25) is 0 Å². The Balaban J connectivity index is 2.66. The first kappa shape index (κ1) is 29.4. The molecule has 0 N–H and O–H groups in total. The van der Waals surface area contributed by atoms with Gasteiger partial charge in [0.15, 0.2) is 5.90 Å². The van der Waals surface area contributed by atoms with Crippen LogP contribution in [0.5, 0.6) is 0 Å². The van der Waals surface area contributed by atoms with Crippen molar-refractivity contribution in [2.45, 2.75) is 83.3 Å². The van der Waals surface area contributed by atoms with Crippen molar-refractivity contribution in [1.82, 2.24) is 0 Å². The molecule has 0 aromatic rings. The van der Waals surface area contributed by atoms with Gasteiger partial charge in [-0.05, 0) is 20.3 Å². The van der Waals surface area contributed by atoms with Gasteiger partial charge in [0.25, 0.3) is 0 Å². The van der Waals surface area contributed by atoms with Gasteiger partial charge >= 0.3 is 17.5 Å². The summed E-state index contributed by atoms with van der Waals surface area (Å²) in [5.74, 6) is -3.51. The second-order valence-corrected chi connectivity index (χ2v) is 9.00. The molecule has 1 unspecified atom stereocenters. The standard InChI is InChI=1S/C25H29Cl2N3O6/c1-4-7-8-9-10-11-12-13-18-30-24(22(32)34-5-2,23(33)35-6-3)25(36-18)17(15-29)16(14-28)20(31)19(26)21(25)27/h4-13H2,1-3H3. The van der Waals surface area contributed by atoms with Gasteiger partial charge < -0.3 is 14.2 Å². The van der Waals surface area contributed by atoms with Crippen LogP contribution in [0.25, 0.3) is 0 Å². The van der Waals surface area contributed by atoms with Crippen molar-refractivity contribution >= 4 is 46.8 Å². The molecule has 1 aliphatic heterocycles. The quantitative estimate of drug-likeness (QED) is 0.197. The van der Waals surface area contributed by atoms with Gasteiger partial charge in [0.2, 0.25) is 11.4 Å². The van der Waals surface area contributed by atoms with Gasteiger partial charge in [-0.2, -0.15) is 10.5 Å². The maximum atomic E-state index is 13.4. The fourth-order valence-electron chi connectivity index (χ4n) is 4.25. The number of carbonyl (C=O) groups is 3. The third-order valence-corrected chi connectivity index (χ3v) is 6.88. The van der Waals surface area contributed by atoms with E-state index in [4.69, 9.17) is 37.4 Å². The van der Waals surface area contributed by atoms with Crippen LogP contribution in [-0.4, -0.2) is 48.0 Å². The van der Waals surface area contributed by atoms with E-state index in [9.17, 15) is 24.9 Å². The Morgan fingerprint density at radius 2 is 1.50 bits per heavy atom. The SMILES string of the molecule is CCCCCCCCCC1=NC(C(=O)OCC)(C(=O)OCC)C2(O1)C(Cl)=C(Cl)C(=O)C(C#N)=C2C#N. The number of esters is 2. The van der Waals surface area contributed by atoms with Crippen molar-refractivity contribution in [2.24, 2.45) is 4.99 Å². The van der Waals surface area contributed by atoms with E-state index in [2.05, 4.69) is 11.9 Å². The molecule has 194 valence electrons. The molecular formula is C25H29Cl2N3O6. The number of Topliss-reactive ketones (excluding diaryl/α,β-unsaturated/α-hetero) is 1. The molecule has 0 bridgehead atoms. The van der Waals surface area contributed by atoms with E-state index in [1.165, 1.54) is 13.8 Å². The second-order valence-electron chi connectivity index (χ2n) is 8.24. The van der Waals surface area contributed by atoms with E-state index in [1.54, 1.807) is 12.1 Å². The highest BCUT2D eigenvalue weighted by Crippen LogP contribution is 2.54. The molecule has 9 nitrogen and oxygen atoms in total. The van der Waals surface area contributed by atoms with E-state index in [0.29, 0.717) is 6.42 Å². The van der Waals surface area contributed by atoms with E-state index in [0.717, 1.165) is 38.5 Å². The third-order valence-electron chi connectivity index (χ3n) is 5.96. The summed E-state index contributed by atoms with van der Waals surface area (Å²) in [6.07, 6.45) is 7.11. The Morgan fingerprint density at radius 3 is 2.00 bits per heavy atom. The first-order valence-electron chi connectivity index (χ1n) is 12.0. The van der Waals surface area contributed by atoms with Crippen LogP contribution >= 0.6 is 23.2 Å². The maximum Gasteiger partial charge on any atom is 0.351 e. The maximum absolute atomic E-state index is 13.4. The Hall–Kier alpha value is -2.88. The number of aliphatic imine (C=N–C) groups is 1. The van der Waals surface area contributed by atoms with Crippen molar-refractivity contribution in [3.05, 3.63) is 21.2 Å². The molecule has 0 saturated carbocycles. The van der Waals surface area contributed by atoms with E-state index in [-0.39, 0.29) is 25.5 Å². The predicted octanol–water partition coefficient (Wildman–Crippen LogP) is 4.78. The second kappa shape index (κ2) is 12.9. The van der Waals surface area contributed by atoms with E-state index >= 15 is 0 Å². The van der Waals surface area contributed by atoms with Crippen LogP contribution < -0.4 is 0 Å². The van der Waals surface area contributed by atoms with Gasteiger partial charge in [0.05, 0.1) is 18.2 Å². The first-order valence-corrected chi connectivity index (χ1v) is 12.8. The van der Waals surface area contributed by atoms with Crippen molar-refractivity contribution < 1.29 is 28.6 Å². The fraction of sp³-hybridized carbons (Fsp3) is 0.600. The van der Waals surface area contributed by atoms with Crippen molar-refractivity contribution in [3.63, 3.8) is 0 Å². The van der Waals surface area contributed by atoms with Gasteiger partial charge in [-0.1, -0.05) is 68.7 Å². The van der Waals surface area contributed by atoms with Crippen molar-refractivity contribution in [3.8, 4) is 12.1 Å². The summed E-state index contributed by atoms with van der Waals surface area (Å²) in [6.45, 7) is 4.86. The number of ketones is 1. The number of unbranched alkanes of at least 4 members (excludes halogenated alkanes) is 6. The fourth-order valence-corrected chi connectivity index (χ4v) is 4.84. The molecule has 2 aliphatic rings. The summed E-state index contributed by atoms with van der Waals surface area (Å²) in [6, 6.07) is 3.35. The van der Waals surface area contributed by atoms with Gasteiger partial charge in [-0.25, -0.2) is 14.6 Å². The molecular weight excluding hydrogens is 509 g/mol. The Morgan fingerprint density at radius 1 is 0.944 bits per heavy atom. The Labute approximate surface area is 220 Å². The average molecular weight is 538 g/mol. The van der Waals surface area contributed by atoms with Gasteiger partial charge in [0, 0.05) is 6.42 Å². The van der Waals surface area contributed by atoms with Gasteiger partial charge in [-0.3, -0.25) is 4.79 Å². The number of carbonyl (C=O) groups excluding carboxylic acids is 3. The number of nitrogens with zero attached hydrogens (tertiary/aromatic N) is 3. The minimum absolute atomic E-state index is 0.0633.